The van der Waals surface area contributed by atoms with Crippen LogP contribution in [0, 0.1) is 12.3 Å². The van der Waals surface area contributed by atoms with Crippen LogP contribution >= 0.6 is 23.2 Å². The van der Waals surface area contributed by atoms with Crippen molar-refractivity contribution in [3.05, 3.63) is 34.3 Å². The van der Waals surface area contributed by atoms with Crippen LogP contribution in [0.5, 0.6) is 0 Å². The minimum atomic E-state index is 0.281. The third kappa shape index (κ3) is 3.06. The van der Waals surface area contributed by atoms with Gasteiger partial charge in [-0.1, -0.05) is 29.6 Å². The molecule has 26 heavy (non-hydrogen) atoms. The van der Waals surface area contributed by atoms with Crippen molar-refractivity contribution in [2.45, 2.75) is 45.1 Å². The molecule has 138 valence electrons. The van der Waals surface area contributed by atoms with Crippen LogP contribution < -0.4 is 10.6 Å². The lowest BCUT2D eigenvalue weighted by atomic mass is 9.74. The SMILES string of the molecule is Cc1nc(N2CCC3(CCC[C@H]3N)CC2)cnc1-c1ccnc(Cl)c1Cl. The number of aromatic nitrogens is 3. The van der Waals surface area contributed by atoms with Crippen LogP contribution in [0.2, 0.25) is 10.2 Å². The molecule has 1 atom stereocenters. The lowest BCUT2D eigenvalue weighted by molar-refractivity contribution is 0.197. The fraction of sp³-hybridized carbons (Fsp3) is 0.526. The summed E-state index contributed by atoms with van der Waals surface area (Å²) in [5, 5.41) is 0.693. The average Bonchev–Trinajstić information content (AvgIpc) is 2.98. The van der Waals surface area contributed by atoms with Crippen molar-refractivity contribution in [1.29, 1.82) is 0 Å². The molecular formula is C19H23Cl2N5. The zero-order chi connectivity index (χ0) is 18.3. The number of nitrogens with two attached hydrogens (primary N) is 1. The maximum absolute atomic E-state index is 6.39. The lowest BCUT2D eigenvalue weighted by Crippen LogP contribution is -2.47. The van der Waals surface area contributed by atoms with Gasteiger partial charge in [-0.15, -0.1) is 0 Å². The van der Waals surface area contributed by atoms with E-state index in [-0.39, 0.29) is 5.15 Å². The van der Waals surface area contributed by atoms with Crippen LogP contribution in [0.3, 0.4) is 0 Å². The fourth-order valence-corrected chi connectivity index (χ4v) is 4.81. The Morgan fingerprint density at radius 1 is 1.19 bits per heavy atom. The van der Waals surface area contributed by atoms with E-state index in [0.29, 0.717) is 16.5 Å². The Hall–Kier alpha value is -1.43. The Balaban J connectivity index is 1.55. The second-order valence-corrected chi connectivity index (χ2v) is 8.21. The summed E-state index contributed by atoms with van der Waals surface area (Å²) in [6.45, 7) is 3.93. The summed E-state index contributed by atoms with van der Waals surface area (Å²) in [5.41, 5.74) is 9.08. The molecule has 2 aliphatic rings. The smallest absolute Gasteiger partial charge is 0.148 e. The van der Waals surface area contributed by atoms with Crippen molar-refractivity contribution < 1.29 is 0 Å². The third-order valence-corrected chi connectivity index (χ3v) is 6.86. The number of nitrogens with zero attached hydrogens (tertiary/aromatic N) is 4. The Bertz CT molecular complexity index is 818. The number of rotatable bonds is 2. The highest BCUT2D eigenvalue weighted by Crippen LogP contribution is 2.46. The predicted octanol–water partition coefficient (Wildman–Crippen LogP) is 4.25. The minimum Gasteiger partial charge on any atom is -0.355 e. The number of pyridine rings is 1. The lowest BCUT2D eigenvalue weighted by Gasteiger charge is -2.42. The van der Waals surface area contributed by atoms with Gasteiger partial charge in [0.05, 0.1) is 22.6 Å². The van der Waals surface area contributed by atoms with Gasteiger partial charge in [0.2, 0.25) is 0 Å². The summed E-state index contributed by atoms with van der Waals surface area (Å²) in [6, 6.07) is 2.18. The Labute approximate surface area is 163 Å². The van der Waals surface area contributed by atoms with Crippen molar-refractivity contribution in [1.82, 2.24) is 15.0 Å². The molecule has 2 fully saturated rings. The van der Waals surface area contributed by atoms with Crippen LogP contribution in [-0.4, -0.2) is 34.1 Å². The standard InChI is InChI=1S/C19H23Cl2N5/c1-12-17(13-4-8-23-18(21)16(13)20)24-11-15(25-12)26-9-6-19(7-10-26)5-2-3-14(19)22/h4,8,11,14H,2-3,5-7,9-10,22H2,1H3/t14-/m1/s1. The van der Waals surface area contributed by atoms with E-state index < -0.39 is 0 Å². The molecule has 2 aromatic rings. The van der Waals surface area contributed by atoms with Crippen molar-refractivity contribution >= 4 is 29.0 Å². The molecule has 2 aromatic heterocycles. The first-order valence-electron chi connectivity index (χ1n) is 9.15. The molecule has 1 aliphatic heterocycles. The van der Waals surface area contributed by atoms with E-state index in [2.05, 4.69) is 14.9 Å². The van der Waals surface area contributed by atoms with Crippen molar-refractivity contribution in [3.63, 3.8) is 0 Å². The maximum atomic E-state index is 6.39. The van der Waals surface area contributed by atoms with Gasteiger partial charge in [-0.25, -0.2) is 9.97 Å². The van der Waals surface area contributed by atoms with Gasteiger partial charge in [0.25, 0.3) is 0 Å². The van der Waals surface area contributed by atoms with E-state index >= 15 is 0 Å². The molecule has 4 rings (SSSR count). The Morgan fingerprint density at radius 2 is 1.96 bits per heavy atom. The van der Waals surface area contributed by atoms with Gasteiger partial charge in [0.1, 0.15) is 11.0 Å². The summed E-state index contributed by atoms with van der Waals surface area (Å²) in [5.74, 6) is 0.920. The number of aryl methyl sites for hydroxylation is 1. The van der Waals surface area contributed by atoms with Gasteiger partial charge < -0.3 is 10.6 Å². The van der Waals surface area contributed by atoms with Gasteiger partial charge in [0, 0.05) is 30.9 Å². The average molecular weight is 392 g/mol. The second-order valence-electron chi connectivity index (χ2n) is 7.47. The highest BCUT2D eigenvalue weighted by molar-refractivity contribution is 6.42. The van der Waals surface area contributed by atoms with Crippen LogP contribution in [0.25, 0.3) is 11.3 Å². The van der Waals surface area contributed by atoms with Gasteiger partial charge >= 0.3 is 0 Å². The normalized spacial score (nSPS) is 22.2. The molecule has 7 heteroatoms. The monoisotopic (exact) mass is 391 g/mol. The molecule has 3 heterocycles. The first-order valence-corrected chi connectivity index (χ1v) is 9.90. The second kappa shape index (κ2) is 6.95. The molecule has 1 aliphatic carbocycles. The molecule has 2 N–H and O–H groups in total. The summed E-state index contributed by atoms with van der Waals surface area (Å²) in [4.78, 5) is 15.7. The molecule has 0 unspecified atom stereocenters. The van der Waals surface area contributed by atoms with E-state index in [9.17, 15) is 0 Å². The number of hydrogen-bond acceptors (Lipinski definition) is 5. The number of anilines is 1. The topological polar surface area (TPSA) is 67.9 Å². The summed E-state index contributed by atoms with van der Waals surface area (Å²) in [7, 11) is 0. The minimum absolute atomic E-state index is 0.281. The van der Waals surface area contributed by atoms with E-state index in [0.717, 1.165) is 48.7 Å². The third-order valence-electron chi connectivity index (χ3n) is 6.10. The summed E-state index contributed by atoms with van der Waals surface area (Å²) < 4.78 is 0. The summed E-state index contributed by atoms with van der Waals surface area (Å²) in [6.07, 6.45) is 9.46. The molecule has 1 saturated carbocycles. The highest BCUT2D eigenvalue weighted by Gasteiger charge is 2.43. The maximum Gasteiger partial charge on any atom is 0.148 e. The van der Waals surface area contributed by atoms with Crippen LogP contribution in [-0.2, 0) is 0 Å². The molecule has 1 saturated heterocycles. The molecule has 1 spiro atoms. The Morgan fingerprint density at radius 3 is 2.62 bits per heavy atom. The van der Waals surface area contributed by atoms with Crippen LogP contribution in [0.15, 0.2) is 18.5 Å². The highest BCUT2D eigenvalue weighted by atomic mass is 35.5. The first kappa shape index (κ1) is 18.0. The zero-order valence-electron chi connectivity index (χ0n) is 14.9. The quantitative estimate of drug-likeness (QED) is 0.774. The molecule has 0 bridgehead atoms. The fourth-order valence-electron chi connectivity index (χ4n) is 4.45. The zero-order valence-corrected chi connectivity index (χ0v) is 16.4. The Kier molecular flexibility index (Phi) is 4.80. The van der Waals surface area contributed by atoms with Crippen LogP contribution in [0.1, 0.15) is 37.8 Å². The molecule has 0 aromatic carbocycles. The first-order chi connectivity index (χ1) is 12.5. The largest absolute Gasteiger partial charge is 0.355 e. The van der Waals surface area contributed by atoms with Crippen LogP contribution in [0.4, 0.5) is 5.82 Å². The van der Waals surface area contributed by atoms with Gasteiger partial charge in [-0.2, -0.15) is 0 Å². The van der Waals surface area contributed by atoms with Gasteiger partial charge in [-0.3, -0.25) is 4.98 Å². The molecular weight excluding hydrogens is 369 g/mol. The predicted molar refractivity (Wildman–Crippen MR) is 106 cm³/mol. The molecule has 5 nitrogen and oxygen atoms in total. The van der Waals surface area contributed by atoms with E-state index in [1.807, 2.05) is 19.2 Å². The van der Waals surface area contributed by atoms with Gasteiger partial charge in [0.15, 0.2) is 0 Å². The van der Waals surface area contributed by atoms with Crippen molar-refractivity contribution in [3.8, 4) is 11.3 Å². The van der Waals surface area contributed by atoms with Crippen molar-refractivity contribution in [2.24, 2.45) is 11.1 Å². The van der Waals surface area contributed by atoms with Crippen molar-refractivity contribution in [2.75, 3.05) is 18.0 Å². The molecule has 0 amide bonds. The number of piperidine rings is 1. The molecule has 0 radical (unpaired) electrons. The van der Waals surface area contributed by atoms with E-state index in [1.54, 1.807) is 6.20 Å². The van der Waals surface area contributed by atoms with Gasteiger partial charge in [-0.05, 0) is 44.1 Å². The number of hydrogen-bond donors (Lipinski definition) is 1. The summed E-state index contributed by atoms with van der Waals surface area (Å²) >= 11 is 12.3. The number of halogens is 2. The van der Waals surface area contributed by atoms with E-state index in [1.165, 1.54) is 19.3 Å². The van der Waals surface area contributed by atoms with E-state index in [4.69, 9.17) is 33.9 Å².